The van der Waals surface area contributed by atoms with Gasteiger partial charge in [0.15, 0.2) is 0 Å². The van der Waals surface area contributed by atoms with Crippen LogP contribution in [0.1, 0.15) is 23.2 Å². The number of methoxy groups -OCH3 is 1. The number of anilines is 1. The van der Waals surface area contributed by atoms with Crippen LogP contribution in [0.3, 0.4) is 0 Å². The monoisotopic (exact) mass is 250 g/mol. The minimum atomic E-state index is -0.0788. The zero-order chi connectivity index (χ0) is 13.1. The fourth-order valence-electron chi connectivity index (χ4n) is 2.30. The molecule has 98 valence electrons. The molecule has 1 fully saturated rings. The fraction of sp³-hybridized carbons (Fsp3) is 0.462. The van der Waals surface area contributed by atoms with Gasteiger partial charge in [-0.3, -0.25) is 4.79 Å². The van der Waals surface area contributed by atoms with Gasteiger partial charge in [-0.25, -0.2) is 0 Å². The van der Waals surface area contributed by atoms with E-state index in [1.165, 1.54) is 7.11 Å². The van der Waals surface area contributed by atoms with Crippen molar-refractivity contribution in [2.75, 3.05) is 26.0 Å². The highest BCUT2D eigenvalue weighted by atomic mass is 16.5. The standard InChI is InChI=1S/C13H18N2O3/c1-18-12-7-9(4-5-11(12)14)13(17)15-6-2-3-10(15)8-16/h4-5,7,10,16H,2-3,6,8,14H2,1H3/t10-/m0/s1. The Bertz CT molecular complexity index is 448. The Morgan fingerprint density at radius 3 is 3.06 bits per heavy atom. The number of hydrogen-bond donors (Lipinski definition) is 2. The van der Waals surface area contributed by atoms with Crippen LogP contribution in [-0.4, -0.2) is 42.2 Å². The van der Waals surface area contributed by atoms with E-state index >= 15 is 0 Å². The first-order valence-corrected chi connectivity index (χ1v) is 6.02. The maximum Gasteiger partial charge on any atom is 0.254 e. The zero-order valence-corrected chi connectivity index (χ0v) is 10.4. The molecule has 0 radical (unpaired) electrons. The molecule has 0 saturated carbocycles. The highest BCUT2D eigenvalue weighted by Gasteiger charge is 2.28. The molecule has 1 amide bonds. The van der Waals surface area contributed by atoms with Crippen molar-refractivity contribution in [1.82, 2.24) is 4.90 Å². The number of ether oxygens (including phenoxy) is 1. The molecule has 0 aromatic heterocycles. The molecule has 1 saturated heterocycles. The third-order valence-corrected chi connectivity index (χ3v) is 3.33. The lowest BCUT2D eigenvalue weighted by atomic mass is 10.1. The summed E-state index contributed by atoms with van der Waals surface area (Å²) in [5.41, 5.74) is 6.77. The third kappa shape index (κ3) is 2.26. The Balaban J connectivity index is 2.23. The minimum Gasteiger partial charge on any atom is -0.495 e. The normalized spacial score (nSPS) is 19.0. The van der Waals surface area contributed by atoms with Crippen LogP contribution < -0.4 is 10.5 Å². The number of aliphatic hydroxyl groups excluding tert-OH is 1. The maximum atomic E-state index is 12.3. The predicted molar refractivity (Wildman–Crippen MR) is 68.6 cm³/mol. The molecule has 18 heavy (non-hydrogen) atoms. The molecule has 2 rings (SSSR count). The molecule has 5 nitrogen and oxygen atoms in total. The largest absolute Gasteiger partial charge is 0.495 e. The lowest BCUT2D eigenvalue weighted by molar-refractivity contribution is 0.0677. The smallest absolute Gasteiger partial charge is 0.254 e. The second kappa shape index (κ2) is 5.27. The van der Waals surface area contributed by atoms with Crippen LogP contribution in [0.2, 0.25) is 0 Å². The number of hydrogen-bond acceptors (Lipinski definition) is 4. The van der Waals surface area contributed by atoms with Gasteiger partial charge in [0.2, 0.25) is 0 Å². The van der Waals surface area contributed by atoms with Crippen LogP contribution in [0.25, 0.3) is 0 Å². The van der Waals surface area contributed by atoms with Crippen molar-refractivity contribution in [3.05, 3.63) is 23.8 Å². The van der Waals surface area contributed by atoms with Crippen LogP contribution in [-0.2, 0) is 0 Å². The van der Waals surface area contributed by atoms with Crippen molar-refractivity contribution in [2.24, 2.45) is 0 Å². The number of nitrogens with two attached hydrogens (primary N) is 1. The molecule has 1 aliphatic rings. The van der Waals surface area contributed by atoms with Gasteiger partial charge in [-0.2, -0.15) is 0 Å². The first-order valence-electron chi connectivity index (χ1n) is 6.02. The first kappa shape index (κ1) is 12.7. The second-order valence-electron chi connectivity index (χ2n) is 4.43. The molecule has 1 aromatic rings. The highest BCUT2D eigenvalue weighted by molar-refractivity contribution is 5.95. The molecule has 1 heterocycles. The lowest BCUT2D eigenvalue weighted by Gasteiger charge is -2.23. The van der Waals surface area contributed by atoms with E-state index in [-0.39, 0.29) is 18.6 Å². The fourth-order valence-corrected chi connectivity index (χ4v) is 2.30. The van der Waals surface area contributed by atoms with Gasteiger partial charge in [-0.05, 0) is 31.0 Å². The summed E-state index contributed by atoms with van der Waals surface area (Å²) >= 11 is 0. The van der Waals surface area contributed by atoms with Crippen LogP contribution in [0.5, 0.6) is 5.75 Å². The van der Waals surface area contributed by atoms with Crippen molar-refractivity contribution in [2.45, 2.75) is 18.9 Å². The van der Waals surface area contributed by atoms with Crippen molar-refractivity contribution in [3.8, 4) is 5.75 Å². The van der Waals surface area contributed by atoms with Gasteiger partial charge >= 0.3 is 0 Å². The van der Waals surface area contributed by atoms with Gasteiger partial charge in [-0.1, -0.05) is 0 Å². The maximum absolute atomic E-state index is 12.3. The van der Waals surface area contributed by atoms with Gasteiger partial charge < -0.3 is 20.5 Å². The molecular formula is C13H18N2O3. The van der Waals surface area contributed by atoms with Gasteiger partial charge in [0.1, 0.15) is 5.75 Å². The number of likely N-dealkylation sites (tertiary alicyclic amines) is 1. The number of nitrogens with zero attached hydrogens (tertiary/aromatic N) is 1. The Kier molecular flexibility index (Phi) is 3.72. The number of nitrogen functional groups attached to an aromatic ring is 1. The zero-order valence-electron chi connectivity index (χ0n) is 10.4. The van der Waals surface area contributed by atoms with Crippen molar-refractivity contribution >= 4 is 11.6 Å². The van der Waals surface area contributed by atoms with Gasteiger partial charge in [0.05, 0.1) is 25.4 Å². The van der Waals surface area contributed by atoms with E-state index in [1.807, 2.05) is 0 Å². The molecular weight excluding hydrogens is 232 g/mol. The molecule has 0 aliphatic carbocycles. The van der Waals surface area contributed by atoms with E-state index in [9.17, 15) is 9.90 Å². The predicted octanol–water partition coefficient (Wildman–Crippen LogP) is 0.874. The van der Waals surface area contributed by atoms with E-state index < -0.39 is 0 Å². The van der Waals surface area contributed by atoms with Crippen LogP contribution in [0.4, 0.5) is 5.69 Å². The number of rotatable bonds is 3. The van der Waals surface area contributed by atoms with Crippen molar-refractivity contribution in [1.29, 1.82) is 0 Å². The number of carbonyl (C=O) groups excluding carboxylic acids is 1. The molecule has 0 bridgehead atoms. The van der Waals surface area contributed by atoms with Gasteiger partial charge in [0.25, 0.3) is 5.91 Å². The number of carbonyl (C=O) groups is 1. The summed E-state index contributed by atoms with van der Waals surface area (Å²) in [6, 6.07) is 4.93. The number of aliphatic hydroxyl groups is 1. The highest BCUT2D eigenvalue weighted by Crippen LogP contribution is 2.25. The van der Waals surface area contributed by atoms with Crippen molar-refractivity contribution in [3.63, 3.8) is 0 Å². The molecule has 1 atom stereocenters. The molecule has 1 aliphatic heterocycles. The summed E-state index contributed by atoms with van der Waals surface area (Å²) in [7, 11) is 1.52. The Morgan fingerprint density at radius 1 is 1.61 bits per heavy atom. The molecule has 0 unspecified atom stereocenters. The summed E-state index contributed by atoms with van der Waals surface area (Å²) in [4.78, 5) is 14.0. The average molecular weight is 250 g/mol. The summed E-state index contributed by atoms with van der Waals surface area (Å²) in [6.07, 6.45) is 1.79. The number of benzene rings is 1. The van der Waals surface area contributed by atoms with E-state index in [0.717, 1.165) is 12.8 Å². The van der Waals surface area contributed by atoms with Crippen LogP contribution in [0, 0.1) is 0 Å². The average Bonchev–Trinajstić information content (AvgIpc) is 2.86. The van der Waals surface area contributed by atoms with Crippen LogP contribution >= 0.6 is 0 Å². The van der Waals surface area contributed by atoms with E-state index in [0.29, 0.717) is 23.5 Å². The molecule has 3 N–H and O–H groups in total. The Hall–Kier alpha value is -1.75. The minimum absolute atomic E-state index is 0.0118. The quantitative estimate of drug-likeness (QED) is 0.781. The molecule has 0 spiro atoms. The van der Waals surface area contributed by atoms with E-state index in [4.69, 9.17) is 10.5 Å². The van der Waals surface area contributed by atoms with Crippen LogP contribution in [0.15, 0.2) is 18.2 Å². The topological polar surface area (TPSA) is 75.8 Å². The molecule has 1 aromatic carbocycles. The SMILES string of the molecule is COc1cc(C(=O)N2CCC[C@H]2CO)ccc1N. The summed E-state index contributed by atoms with van der Waals surface area (Å²) in [5.74, 6) is 0.422. The second-order valence-corrected chi connectivity index (χ2v) is 4.43. The Labute approximate surface area is 106 Å². The first-order chi connectivity index (χ1) is 8.67. The van der Waals surface area contributed by atoms with E-state index in [1.54, 1.807) is 23.1 Å². The summed E-state index contributed by atoms with van der Waals surface area (Å²) < 4.78 is 5.11. The van der Waals surface area contributed by atoms with E-state index in [2.05, 4.69) is 0 Å². The van der Waals surface area contributed by atoms with Gasteiger partial charge in [-0.15, -0.1) is 0 Å². The van der Waals surface area contributed by atoms with Crippen molar-refractivity contribution < 1.29 is 14.6 Å². The third-order valence-electron chi connectivity index (χ3n) is 3.33. The summed E-state index contributed by atoms with van der Waals surface area (Å²) in [5, 5.41) is 9.24. The Morgan fingerprint density at radius 2 is 2.39 bits per heavy atom. The summed E-state index contributed by atoms with van der Waals surface area (Å²) in [6.45, 7) is 0.703. The number of amides is 1. The molecule has 5 heteroatoms. The lowest BCUT2D eigenvalue weighted by Crippen LogP contribution is -2.37. The van der Waals surface area contributed by atoms with Gasteiger partial charge in [0, 0.05) is 12.1 Å².